The first-order chi connectivity index (χ1) is 17.1. The molecule has 0 bridgehead atoms. The van der Waals surface area contributed by atoms with Crippen LogP contribution in [0.1, 0.15) is 40.5 Å². The van der Waals surface area contributed by atoms with Gasteiger partial charge in [-0.05, 0) is 49.7 Å². The van der Waals surface area contributed by atoms with Gasteiger partial charge in [-0.3, -0.25) is 19.7 Å². The number of amides is 1. The van der Waals surface area contributed by atoms with Crippen LogP contribution in [0, 0.1) is 6.92 Å². The quantitative estimate of drug-likeness (QED) is 0.433. The molecule has 4 aromatic rings. The summed E-state index contributed by atoms with van der Waals surface area (Å²) in [7, 11) is 0. The minimum atomic E-state index is -0.223. The highest BCUT2D eigenvalue weighted by Crippen LogP contribution is 2.30. The molecule has 7 nitrogen and oxygen atoms in total. The Morgan fingerprint density at radius 3 is 2.66 bits per heavy atom. The molecule has 1 unspecified atom stereocenters. The van der Waals surface area contributed by atoms with Gasteiger partial charge in [-0.1, -0.05) is 24.3 Å². The summed E-state index contributed by atoms with van der Waals surface area (Å²) < 4.78 is 6.11. The van der Waals surface area contributed by atoms with Crippen molar-refractivity contribution in [2.24, 2.45) is 0 Å². The van der Waals surface area contributed by atoms with Gasteiger partial charge in [0.1, 0.15) is 0 Å². The number of pyridine rings is 2. The van der Waals surface area contributed by atoms with Crippen LogP contribution in [0.3, 0.4) is 0 Å². The molecule has 5 rings (SSSR count). The van der Waals surface area contributed by atoms with Crippen molar-refractivity contribution in [3.8, 4) is 0 Å². The fourth-order valence-electron chi connectivity index (χ4n) is 4.53. The highest BCUT2D eigenvalue weighted by Gasteiger charge is 2.22. The first-order valence-electron chi connectivity index (χ1n) is 12.2. The second-order valence-electron chi connectivity index (χ2n) is 9.13. The molecular formula is C28H31N5O2. The standard InChI is InChI=1S/C28H31N5O2/c1-20-9-10-23(19-30-20)21(2)31-28(34)26-18-22-6-5-8-25(27(22)35-26)33-16-14-32(15-17-33)13-11-24-7-3-4-12-29-24/h3-10,12,18-19,21H,11,13-17H2,1-2H3,(H,31,34). The molecule has 1 aliphatic heterocycles. The largest absolute Gasteiger partial charge is 0.449 e. The first kappa shape index (κ1) is 23.1. The van der Waals surface area contributed by atoms with Crippen LogP contribution in [0.25, 0.3) is 11.0 Å². The van der Waals surface area contributed by atoms with E-state index < -0.39 is 0 Å². The average Bonchev–Trinajstić information content (AvgIpc) is 3.34. The van der Waals surface area contributed by atoms with Crippen LogP contribution < -0.4 is 10.2 Å². The third-order valence-electron chi connectivity index (χ3n) is 6.65. The van der Waals surface area contributed by atoms with Crippen LogP contribution in [0.5, 0.6) is 0 Å². The highest BCUT2D eigenvalue weighted by molar-refractivity contribution is 5.99. The molecule has 0 spiro atoms. The maximum Gasteiger partial charge on any atom is 0.287 e. The summed E-state index contributed by atoms with van der Waals surface area (Å²) in [6, 6.07) is 17.8. The minimum absolute atomic E-state index is 0.164. The Bertz CT molecular complexity index is 1280. The van der Waals surface area contributed by atoms with Crippen molar-refractivity contribution in [2.75, 3.05) is 37.6 Å². The van der Waals surface area contributed by atoms with Gasteiger partial charge in [0.05, 0.1) is 11.7 Å². The number of carbonyl (C=O) groups excluding carboxylic acids is 1. The summed E-state index contributed by atoms with van der Waals surface area (Å²) in [4.78, 5) is 26.5. The number of nitrogens with zero attached hydrogens (tertiary/aromatic N) is 4. The number of para-hydroxylation sites is 1. The van der Waals surface area contributed by atoms with Crippen LogP contribution in [0.15, 0.2) is 71.4 Å². The maximum absolute atomic E-state index is 12.9. The monoisotopic (exact) mass is 469 g/mol. The zero-order valence-electron chi connectivity index (χ0n) is 20.3. The zero-order valence-corrected chi connectivity index (χ0v) is 20.3. The maximum atomic E-state index is 12.9. The van der Waals surface area contributed by atoms with Gasteiger partial charge in [-0.2, -0.15) is 0 Å². The van der Waals surface area contributed by atoms with Crippen molar-refractivity contribution in [1.82, 2.24) is 20.2 Å². The number of anilines is 1. The summed E-state index contributed by atoms with van der Waals surface area (Å²) in [5.74, 6) is 0.105. The topological polar surface area (TPSA) is 74.5 Å². The third-order valence-corrected chi connectivity index (χ3v) is 6.65. The van der Waals surface area contributed by atoms with E-state index in [2.05, 4.69) is 37.2 Å². The van der Waals surface area contributed by atoms with Crippen LogP contribution in [-0.4, -0.2) is 53.5 Å². The van der Waals surface area contributed by atoms with Crippen molar-refractivity contribution >= 4 is 22.6 Å². The lowest BCUT2D eigenvalue weighted by Crippen LogP contribution is -2.47. The summed E-state index contributed by atoms with van der Waals surface area (Å²) in [6.45, 7) is 8.71. The summed E-state index contributed by atoms with van der Waals surface area (Å²) in [6.07, 6.45) is 4.61. The van der Waals surface area contributed by atoms with Gasteiger partial charge in [-0.15, -0.1) is 0 Å². The van der Waals surface area contributed by atoms with Gasteiger partial charge in [0, 0.05) is 68.3 Å². The molecule has 1 aliphatic rings. The number of hydrogen-bond acceptors (Lipinski definition) is 6. The van der Waals surface area contributed by atoms with E-state index in [4.69, 9.17) is 4.42 Å². The molecule has 1 N–H and O–H groups in total. The van der Waals surface area contributed by atoms with E-state index in [1.165, 1.54) is 0 Å². The number of hydrogen-bond donors (Lipinski definition) is 1. The molecule has 1 atom stereocenters. The Kier molecular flexibility index (Phi) is 6.77. The van der Waals surface area contributed by atoms with E-state index in [-0.39, 0.29) is 11.9 Å². The SMILES string of the molecule is Cc1ccc(C(C)NC(=O)c2cc3cccc(N4CCN(CCc5ccccn5)CC4)c3o2)cn1. The van der Waals surface area contributed by atoms with Gasteiger partial charge >= 0.3 is 0 Å². The van der Waals surface area contributed by atoms with E-state index in [1.807, 2.05) is 62.5 Å². The number of rotatable bonds is 7. The molecule has 7 heteroatoms. The van der Waals surface area contributed by atoms with E-state index in [9.17, 15) is 4.79 Å². The van der Waals surface area contributed by atoms with Crippen molar-refractivity contribution < 1.29 is 9.21 Å². The van der Waals surface area contributed by atoms with Crippen LogP contribution >= 0.6 is 0 Å². The van der Waals surface area contributed by atoms with E-state index in [1.54, 1.807) is 6.20 Å². The molecule has 0 aliphatic carbocycles. The van der Waals surface area contributed by atoms with Crippen molar-refractivity contribution in [1.29, 1.82) is 0 Å². The fourth-order valence-corrected chi connectivity index (χ4v) is 4.53. The van der Waals surface area contributed by atoms with E-state index in [0.29, 0.717) is 5.76 Å². The molecule has 3 aromatic heterocycles. The van der Waals surface area contributed by atoms with Gasteiger partial charge in [0.15, 0.2) is 11.3 Å². The molecule has 1 aromatic carbocycles. The predicted octanol–water partition coefficient (Wildman–Crippen LogP) is 4.39. The molecule has 35 heavy (non-hydrogen) atoms. The number of fused-ring (bicyclic) bond motifs is 1. The third kappa shape index (κ3) is 5.35. The highest BCUT2D eigenvalue weighted by atomic mass is 16.3. The molecule has 1 fully saturated rings. The lowest BCUT2D eigenvalue weighted by molar-refractivity contribution is 0.0914. The minimum Gasteiger partial charge on any atom is -0.449 e. The Morgan fingerprint density at radius 1 is 1.06 bits per heavy atom. The number of furan rings is 1. The van der Waals surface area contributed by atoms with E-state index >= 15 is 0 Å². The Hall–Kier alpha value is -3.71. The number of carbonyl (C=O) groups is 1. The molecule has 0 saturated carbocycles. The van der Waals surface area contributed by atoms with Gasteiger partial charge in [0.2, 0.25) is 0 Å². The smallest absolute Gasteiger partial charge is 0.287 e. The van der Waals surface area contributed by atoms with Crippen LogP contribution in [0.4, 0.5) is 5.69 Å². The zero-order chi connectivity index (χ0) is 24.2. The summed E-state index contributed by atoms with van der Waals surface area (Å²) in [5, 5.41) is 3.97. The second-order valence-corrected chi connectivity index (χ2v) is 9.13. The van der Waals surface area contributed by atoms with Crippen molar-refractivity contribution in [3.63, 3.8) is 0 Å². The Labute approximate surface area is 205 Å². The number of aryl methyl sites for hydroxylation is 1. The Morgan fingerprint density at radius 2 is 1.91 bits per heavy atom. The lowest BCUT2D eigenvalue weighted by Gasteiger charge is -2.36. The van der Waals surface area contributed by atoms with Crippen LogP contribution in [-0.2, 0) is 6.42 Å². The number of benzene rings is 1. The molecule has 4 heterocycles. The van der Waals surface area contributed by atoms with Gasteiger partial charge in [0.25, 0.3) is 5.91 Å². The first-order valence-corrected chi connectivity index (χ1v) is 12.2. The van der Waals surface area contributed by atoms with Crippen molar-refractivity contribution in [3.05, 3.63) is 89.7 Å². The van der Waals surface area contributed by atoms with Gasteiger partial charge < -0.3 is 14.6 Å². The molecule has 1 saturated heterocycles. The van der Waals surface area contributed by atoms with Gasteiger partial charge in [-0.25, -0.2) is 0 Å². The predicted molar refractivity (Wildman–Crippen MR) is 138 cm³/mol. The fraction of sp³-hybridized carbons (Fsp3) is 0.321. The summed E-state index contributed by atoms with van der Waals surface area (Å²) >= 11 is 0. The van der Waals surface area contributed by atoms with E-state index in [0.717, 1.165) is 72.8 Å². The lowest BCUT2D eigenvalue weighted by atomic mass is 10.1. The average molecular weight is 470 g/mol. The number of piperazine rings is 1. The molecule has 1 amide bonds. The normalized spacial score (nSPS) is 15.3. The van der Waals surface area contributed by atoms with Crippen molar-refractivity contribution in [2.45, 2.75) is 26.3 Å². The molecule has 0 radical (unpaired) electrons. The van der Waals surface area contributed by atoms with Crippen LogP contribution in [0.2, 0.25) is 0 Å². The number of nitrogens with one attached hydrogen (secondary N) is 1. The number of aromatic nitrogens is 2. The summed E-state index contributed by atoms with van der Waals surface area (Å²) in [5.41, 5.74) is 4.85. The molecular weight excluding hydrogens is 438 g/mol. The molecule has 180 valence electrons. The second kappa shape index (κ2) is 10.3. The Balaban J connectivity index is 1.23.